The molecular formula is C16H12Cl2O2. The zero-order chi connectivity index (χ0) is 14.3. The molecule has 0 radical (unpaired) electrons. The van der Waals surface area contributed by atoms with Crippen LogP contribution in [0.15, 0.2) is 46.9 Å². The van der Waals surface area contributed by atoms with E-state index in [1.165, 1.54) is 0 Å². The van der Waals surface area contributed by atoms with E-state index in [0.717, 1.165) is 16.5 Å². The number of aliphatic hydroxyl groups is 1. The first-order chi connectivity index (χ1) is 9.56. The topological polar surface area (TPSA) is 33.4 Å². The number of aliphatic hydroxyl groups excluding tert-OH is 1. The summed E-state index contributed by atoms with van der Waals surface area (Å²) in [5.41, 5.74) is 2.27. The highest BCUT2D eigenvalue weighted by Gasteiger charge is 2.18. The molecule has 1 atom stereocenters. The highest BCUT2D eigenvalue weighted by molar-refractivity contribution is 6.34. The Labute approximate surface area is 126 Å². The Kier molecular flexibility index (Phi) is 3.47. The van der Waals surface area contributed by atoms with Gasteiger partial charge in [0.15, 0.2) is 5.58 Å². The van der Waals surface area contributed by atoms with Crippen molar-refractivity contribution in [2.45, 2.75) is 13.0 Å². The van der Waals surface area contributed by atoms with Gasteiger partial charge < -0.3 is 9.52 Å². The minimum Gasteiger partial charge on any atom is -0.456 e. The smallest absolute Gasteiger partial charge is 0.153 e. The summed E-state index contributed by atoms with van der Waals surface area (Å²) in [6, 6.07) is 12.7. The zero-order valence-corrected chi connectivity index (χ0v) is 12.2. The minimum absolute atomic E-state index is 0.457. The molecule has 4 heteroatoms. The molecule has 0 aliphatic heterocycles. The molecule has 0 aliphatic rings. The van der Waals surface area contributed by atoms with E-state index in [-0.39, 0.29) is 0 Å². The first-order valence-corrected chi connectivity index (χ1v) is 6.94. The van der Waals surface area contributed by atoms with Crippen LogP contribution in [0.3, 0.4) is 0 Å². The van der Waals surface area contributed by atoms with Gasteiger partial charge in [-0.3, -0.25) is 0 Å². The van der Waals surface area contributed by atoms with Crippen LogP contribution in [-0.4, -0.2) is 5.11 Å². The fraction of sp³-hybridized carbons (Fsp3) is 0.125. The van der Waals surface area contributed by atoms with Crippen LogP contribution < -0.4 is 0 Å². The standard InChI is InChI=1S/C16H12Cl2O2/c1-9-5-6-11(17)8-12(9)15(19)14-7-10-3-2-4-13(18)16(10)20-14/h2-8,15,19H,1H3. The summed E-state index contributed by atoms with van der Waals surface area (Å²) in [5.74, 6) is 0.457. The van der Waals surface area contributed by atoms with Gasteiger partial charge in [0.2, 0.25) is 0 Å². The second-order valence-corrected chi connectivity index (χ2v) is 5.55. The number of rotatable bonds is 2. The fourth-order valence-corrected chi connectivity index (χ4v) is 2.64. The van der Waals surface area contributed by atoms with Crippen LogP contribution in [0.2, 0.25) is 10.0 Å². The van der Waals surface area contributed by atoms with E-state index in [1.54, 1.807) is 24.3 Å². The number of halogens is 2. The van der Waals surface area contributed by atoms with Crippen LogP contribution in [0.25, 0.3) is 11.0 Å². The van der Waals surface area contributed by atoms with E-state index in [4.69, 9.17) is 27.6 Å². The van der Waals surface area contributed by atoms with Crippen molar-refractivity contribution >= 4 is 34.2 Å². The maximum absolute atomic E-state index is 10.5. The SMILES string of the molecule is Cc1ccc(Cl)cc1C(O)c1cc2cccc(Cl)c2o1. The van der Waals surface area contributed by atoms with E-state index in [0.29, 0.717) is 21.4 Å². The van der Waals surface area contributed by atoms with Crippen LogP contribution in [0.1, 0.15) is 23.0 Å². The number of benzene rings is 2. The molecule has 0 fully saturated rings. The van der Waals surface area contributed by atoms with Crippen molar-refractivity contribution in [1.82, 2.24) is 0 Å². The summed E-state index contributed by atoms with van der Waals surface area (Å²) in [5, 5.41) is 12.5. The predicted molar refractivity (Wildman–Crippen MR) is 81.5 cm³/mol. The molecule has 0 spiro atoms. The molecule has 0 aliphatic carbocycles. The molecular weight excluding hydrogens is 295 g/mol. The molecule has 1 N–H and O–H groups in total. The van der Waals surface area contributed by atoms with Gasteiger partial charge in [0, 0.05) is 10.4 Å². The molecule has 2 nitrogen and oxygen atoms in total. The molecule has 1 aromatic heterocycles. The van der Waals surface area contributed by atoms with Gasteiger partial charge in [0.25, 0.3) is 0 Å². The summed E-state index contributed by atoms with van der Waals surface area (Å²) >= 11 is 12.1. The normalized spacial score (nSPS) is 12.8. The van der Waals surface area contributed by atoms with Crippen molar-refractivity contribution in [1.29, 1.82) is 0 Å². The molecule has 1 unspecified atom stereocenters. The van der Waals surface area contributed by atoms with Crippen LogP contribution in [0.4, 0.5) is 0 Å². The third kappa shape index (κ3) is 2.31. The molecule has 20 heavy (non-hydrogen) atoms. The average Bonchev–Trinajstić information content (AvgIpc) is 2.86. The quantitative estimate of drug-likeness (QED) is 0.712. The minimum atomic E-state index is -0.864. The molecule has 2 aromatic carbocycles. The molecule has 102 valence electrons. The highest BCUT2D eigenvalue weighted by atomic mass is 35.5. The number of aryl methyl sites for hydroxylation is 1. The summed E-state index contributed by atoms with van der Waals surface area (Å²) < 4.78 is 5.68. The molecule has 0 saturated carbocycles. The Morgan fingerprint density at radius 1 is 1.10 bits per heavy atom. The lowest BCUT2D eigenvalue weighted by atomic mass is 10.0. The Morgan fingerprint density at radius 3 is 2.65 bits per heavy atom. The zero-order valence-electron chi connectivity index (χ0n) is 10.7. The number of hydrogen-bond donors (Lipinski definition) is 1. The molecule has 3 rings (SSSR count). The first kappa shape index (κ1) is 13.5. The number of furan rings is 1. The van der Waals surface area contributed by atoms with Crippen LogP contribution in [0, 0.1) is 6.92 Å². The monoisotopic (exact) mass is 306 g/mol. The Morgan fingerprint density at radius 2 is 1.90 bits per heavy atom. The van der Waals surface area contributed by atoms with Crippen molar-refractivity contribution in [2.24, 2.45) is 0 Å². The van der Waals surface area contributed by atoms with Crippen LogP contribution in [-0.2, 0) is 0 Å². The second-order valence-electron chi connectivity index (χ2n) is 4.71. The molecule has 1 heterocycles. The second kappa shape index (κ2) is 5.13. The van der Waals surface area contributed by atoms with Crippen molar-refractivity contribution in [3.05, 3.63) is 69.4 Å². The lowest BCUT2D eigenvalue weighted by molar-refractivity contribution is 0.191. The number of fused-ring (bicyclic) bond motifs is 1. The van der Waals surface area contributed by atoms with Gasteiger partial charge in [-0.25, -0.2) is 0 Å². The summed E-state index contributed by atoms with van der Waals surface area (Å²) in [6.45, 7) is 1.92. The van der Waals surface area contributed by atoms with Crippen LogP contribution >= 0.6 is 23.2 Å². The maximum Gasteiger partial charge on any atom is 0.153 e. The summed E-state index contributed by atoms with van der Waals surface area (Å²) in [6.07, 6.45) is -0.864. The van der Waals surface area contributed by atoms with Crippen molar-refractivity contribution in [2.75, 3.05) is 0 Å². The first-order valence-electron chi connectivity index (χ1n) is 6.18. The molecule has 0 bridgehead atoms. The lowest BCUT2D eigenvalue weighted by Gasteiger charge is -2.11. The van der Waals surface area contributed by atoms with E-state index >= 15 is 0 Å². The van der Waals surface area contributed by atoms with Gasteiger partial charge in [-0.1, -0.05) is 41.4 Å². The van der Waals surface area contributed by atoms with Crippen LogP contribution in [0.5, 0.6) is 0 Å². The largest absolute Gasteiger partial charge is 0.456 e. The Balaban J connectivity index is 2.10. The third-order valence-corrected chi connectivity index (χ3v) is 3.85. The fourth-order valence-electron chi connectivity index (χ4n) is 2.24. The van der Waals surface area contributed by atoms with Crippen molar-refractivity contribution in [3.8, 4) is 0 Å². The van der Waals surface area contributed by atoms with E-state index in [1.807, 2.05) is 25.1 Å². The molecule has 0 saturated heterocycles. The average molecular weight is 307 g/mol. The van der Waals surface area contributed by atoms with Gasteiger partial charge in [-0.15, -0.1) is 0 Å². The number of para-hydroxylation sites is 1. The van der Waals surface area contributed by atoms with Crippen molar-refractivity contribution in [3.63, 3.8) is 0 Å². The lowest BCUT2D eigenvalue weighted by Crippen LogP contribution is -2.00. The number of hydrogen-bond acceptors (Lipinski definition) is 2. The summed E-state index contributed by atoms with van der Waals surface area (Å²) in [7, 11) is 0. The van der Waals surface area contributed by atoms with Gasteiger partial charge in [-0.05, 0) is 42.3 Å². The Hall–Kier alpha value is -1.48. The van der Waals surface area contributed by atoms with E-state index in [9.17, 15) is 5.11 Å². The van der Waals surface area contributed by atoms with Crippen molar-refractivity contribution < 1.29 is 9.52 Å². The Bertz CT molecular complexity index is 777. The van der Waals surface area contributed by atoms with E-state index < -0.39 is 6.10 Å². The molecule has 3 aromatic rings. The molecule has 0 amide bonds. The van der Waals surface area contributed by atoms with Gasteiger partial charge in [0.1, 0.15) is 11.9 Å². The van der Waals surface area contributed by atoms with Gasteiger partial charge >= 0.3 is 0 Å². The van der Waals surface area contributed by atoms with E-state index in [2.05, 4.69) is 0 Å². The highest BCUT2D eigenvalue weighted by Crippen LogP contribution is 2.33. The van der Waals surface area contributed by atoms with Gasteiger partial charge in [-0.2, -0.15) is 0 Å². The maximum atomic E-state index is 10.5. The third-order valence-electron chi connectivity index (χ3n) is 3.32. The summed E-state index contributed by atoms with van der Waals surface area (Å²) in [4.78, 5) is 0. The van der Waals surface area contributed by atoms with Gasteiger partial charge in [0.05, 0.1) is 5.02 Å². The predicted octanol–water partition coefficient (Wildman–Crippen LogP) is 5.13.